The summed E-state index contributed by atoms with van der Waals surface area (Å²) in [6.07, 6.45) is 3.00. The second kappa shape index (κ2) is 8.26. The Balaban J connectivity index is 1.51. The van der Waals surface area contributed by atoms with E-state index < -0.39 is 11.1 Å². The maximum absolute atomic E-state index is 11.9. The molecular weight excluding hydrogens is 354 g/mol. The van der Waals surface area contributed by atoms with Gasteiger partial charge in [-0.1, -0.05) is 18.2 Å². The molecule has 1 aliphatic rings. The molecule has 3 amide bonds. The fraction of sp³-hybridized carbons (Fsp3) is 0.118. The maximum Gasteiger partial charge on any atom is 0.290 e. The molecule has 0 bridgehead atoms. The van der Waals surface area contributed by atoms with Crippen molar-refractivity contribution in [3.63, 3.8) is 0 Å². The van der Waals surface area contributed by atoms with E-state index >= 15 is 0 Å². The summed E-state index contributed by atoms with van der Waals surface area (Å²) in [4.78, 5) is 43.2. The number of carbonyl (C=O) groups excluding carboxylic acids is 3. The fourth-order valence-electron chi connectivity index (χ4n) is 2.14. The molecule has 9 heteroatoms. The molecule has 0 saturated carbocycles. The lowest BCUT2D eigenvalue weighted by atomic mass is 10.2. The summed E-state index contributed by atoms with van der Waals surface area (Å²) in [6.45, 7) is 0.889. The number of amides is 3. The fourth-order valence-corrected chi connectivity index (χ4v) is 2.79. The predicted octanol–water partition coefficient (Wildman–Crippen LogP) is 1.64. The van der Waals surface area contributed by atoms with Gasteiger partial charge in [0.2, 0.25) is 0 Å². The van der Waals surface area contributed by atoms with Crippen molar-refractivity contribution >= 4 is 40.7 Å². The highest BCUT2D eigenvalue weighted by Gasteiger charge is 2.25. The van der Waals surface area contributed by atoms with Crippen LogP contribution in [0.4, 0.5) is 10.6 Å². The monoisotopic (exact) mass is 369 g/mol. The minimum Gasteiger partial charge on any atom is -0.368 e. The molecule has 0 spiro atoms. The average Bonchev–Trinajstić information content (AvgIpc) is 2.96. The van der Waals surface area contributed by atoms with Crippen molar-refractivity contribution < 1.29 is 14.4 Å². The Bertz CT molecular complexity index is 870. The SMILES string of the molecule is O=C1NC(=O)/C(=C\c2nccc(NCCNC(=O)c3ccccc3)n2)S1. The third-order valence-corrected chi connectivity index (χ3v) is 4.14. The van der Waals surface area contributed by atoms with Crippen molar-refractivity contribution in [2.24, 2.45) is 0 Å². The van der Waals surface area contributed by atoms with Crippen LogP contribution in [0.3, 0.4) is 0 Å². The van der Waals surface area contributed by atoms with E-state index in [0.29, 0.717) is 30.3 Å². The number of benzene rings is 1. The van der Waals surface area contributed by atoms with Crippen molar-refractivity contribution in [1.82, 2.24) is 20.6 Å². The first-order chi connectivity index (χ1) is 12.6. The Morgan fingerprint density at radius 2 is 1.96 bits per heavy atom. The van der Waals surface area contributed by atoms with Gasteiger partial charge in [-0.3, -0.25) is 19.7 Å². The van der Waals surface area contributed by atoms with Gasteiger partial charge in [0.25, 0.3) is 17.1 Å². The minimum atomic E-state index is -0.453. The smallest absolute Gasteiger partial charge is 0.290 e. The molecule has 2 heterocycles. The summed E-state index contributed by atoms with van der Waals surface area (Å²) in [5.41, 5.74) is 0.602. The normalized spacial score (nSPS) is 15.0. The highest BCUT2D eigenvalue weighted by atomic mass is 32.2. The van der Waals surface area contributed by atoms with Crippen molar-refractivity contribution in [2.45, 2.75) is 0 Å². The molecule has 3 rings (SSSR count). The molecule has 132 valence electrons. The van der Waals surface area contributed by atoms with Gasteiger partial charge in [0.15, 0.2) is 5.82 Å². The van der Waals surface area contributed by atoms with Crippen LogP contribution in [-0.4, -0.2) is 40.1 Å². The Labute approximate surface area is 153 Å². The molecule has 1 aromatic carbocycles. The van der Waals surface area contributed by atoms with Crippen LogP contribution in [0.5, 0.6) is 0 Å². The van der Waals surface area contributed by atoms with Gasteiger partial charge in [0.1, 0.15) is 5.82 Å². The van der Waals surface area contributed by atoms with Crippen LogP contribution >= 0.6 is 11.8 Å². The summed E-state index contributed by atoms with van der Waals surface area (Å²) in [6, 6.07) is 10.6. The van der Waals surface area contributed by atoms with E-state index in [2.05, 4.69) is 25.9 Å². The van der Waals surface area contributed by atoms with Crippen LogP contribution in [0, 0.1) is 0 Å². The first kappa shape index (κ1) is 17.6. The third kappa shape index (κ3) is 4.67. The number of thioether (sulfide) groups is 1. The van der Waals surface area contributed by atoms with E-state index in [1.807, 2.05) is 6.07 Å². The Hall–Kier alpha value is -3.20. The first-order valence-electron chi connectivity index (χ1n) is 7.77. The largest absolute Gasteiger partial charge is 0.368 e. The Morgan fingerprint density at radius 3 is 2.69 bits per heavy atom. The van der Waals surface area contributed by atoms with Crippen molar-refractivity contribution in [3.8, 4) is 0 Å². The predicted molar refractivity (Wildman–Crippen MR) is 98.4 cm³/mol. The summed E-state index contributed by atoms with van der Waals surface area (Å²) >= 11 is 0.811. The second-order valence-corrected chi connectivity index (χ2v) is 6.22. The molecule has 1 saturated heterocycles. The zero-order valence-electron chi connectivity index (χ0n) is 13.6. The quantitative estimate of drug-likeness (QED) is 0.524. The summed E-state index contributed by atoms with van der Waals surface area (Å²) < 4.78 is 0. The van der Waals surface area contributed by atoms with Crippen LogP contribution in [0.2, 0.25) is 0 Å². The molecule has 26 heavy (non-hydrogen) atoms. The Morgan fingerprint density at radius 1 is 1.15 bits per heavy atom. The lowest BCUT2D eigenvalue weighted by molar-refractivity contribution is -0.115. The molecule has 0 unspecified atom stereocenters. The van der Waals surface area contributed by atoms with Gasteiger partial charge < -0.3 is 10.6 Å². The lowest BCUT2D eigenvalue weighted by Gasteiger charge is -2.07. The minimum absolute atomic E-state index is 0.144. The first-order valence-corrected chi connectivity index (χ1v) is 8.58. The summed E-state index contributed by atoms with van der Waals surface area (Å²) in [7, 11) is 0. The van der Waals surface area contributed by atoms with Crippen LogP contribution in [0.15, 0.2) is 47.5 Å². The number of aromatic nitrogens is 2. The molecule has 1 fully saturated rings. The van der Waals surface area contributed by atoms with E-state index in [1.54, 1.807) is 36.5 Å². The number of hydrogen-bond acceptors (Lipinski definition) is 7. The number of hydrogen-bond donors (Lipinski definition) is 3. The number of nitrogens with one attached hydrogen (secondary N) is 3. The number of imide groups is 1. The van der Waals surface area contributed by atoms with Crippen LogP contribution in [-0.2, 0) is 4.79 Å². The van der Waals surface area contributed by atoms with Gasteiger partial charge in [0, 0.05) is 30.9 Å². The molecule has 2 aromatic rings. The van der Waals surface area contributed by atoms with Gasteiger partial charge in [-0.05, 0) is 30.0 Å². The highest BCUT2D eigenvalue weighted by molar-refractivity contribution is 8.18. The molecular formula is C17H15N5O3S. The third-order valence-electron chi connectivity index (χ3n) is 3.33. The van der Waals surface area contributed by atoms with Gasteiger partial charge in [-0.25, -0.2) is 9.97 Å². The van der Waals surface area contributed by atoms with Gasteiger partial charge in [-0.15, -0.1) is 0 Å². The van der Waals surface area contributed by atoms with E-state index in [9.17, 15) is 14.4 Å². The summed E-state index contributed by atoms with van der Waals surface area (Å²) in [5.74, 6) is 0.270. The van der Waals surface area contributed by atoms with Crippen LogP contribution in [0.1, 0.15) is 16.2 Å². The maximum atomic E-state index is 11.9. The molecule has 8 nitrogen and oxygen atoms in total. The molecule has 1 aliphatic heterocycles. The molecule has 3 N–H and O–H groups in total. The molecule has 1 aromatic heterocycles. The van der Waals surface area contributed by atoms with Crippen LogP contribution in [0.25, 0.3) is 6.08 Å². The molecule has 0 radical (unpaired) electrons. The van der Waals surface area contributed by atoms with Gasteiger partial charge in [-0.2, -0.15) is 0 Å². The van der Waals surface area contributed by atoms with Crippen molar-refractivity contribution in [2.75, 3.05) is 18.4 Å². The summed E-state index contributed by atoms with van der Waals surface area (Å²) in [5, 5.41) is 7.63. The topological polar surface area (TPSA) is 113 Å². The number of rotatable bonds is 6. The Kier molecular flexibility index (Phi) is 5.59. The number of anilines is 1. The van der Waals surface area contributed by atoms with Crippen LogP contribution < -0.4 is 16.0 Å². The lowest BCUT2D eigenvalue weighted by Crippen LogP contribution is -2.28. The number of carbonyl (C=O) groups is 3. The van der Waals surface area contributed by atoms with Crippen molar-refractivity contribution in [1.29, 1.82) is 0 Å². The van der Waals surface area contributed by atoms with E-state index in [-0.39, 0.29) is 10.8 Å². The molecule has 0 atom stereocenters. The second-order valence-electron chi connectivity index (χ2n) is 5.20. The number of nitrogens with zero attached hydrogens (tertiary/aromatic N) is 2. The highest BCUT2D eigenvalue weighted by Crippen LogP contribution is 2.24. The zero-order valence-corrected chi connectivity index (χ0v) is 14.4. The average molecular weight is 369 g/mol. The standard InChI is InChI=1S/C17H15N5O3S/c23-15(11-4-2-1-3-5-11)20-9-8-19-13-6-7-18-14(21-13)10-12-16(24)22-17(25)26-12/h1-7,10H,8-9H2,(H,20,23)(H,18,19,21)(H,22,24,25)/b12-10+. The molecule has 0 aliphatic carbocycles. The van der Waals surface area contributed by atoms with Crippen molar-refractivity contribution in [3.05, 3.63) is 58.9 Å². The van der Waals surface area contributed by atoms with Gasteiger partial charge >= 0.3 is 0 Å². The van der Waals surface area contributed by atoms with Gasteiger partial charge in [0.05, 0.1) is 4.91 Å². The van der Waals surface area contributed by atoms with E-state index in [4.69, 9.17) is 0 Å². The van der Waals surface area contributed by atoms with E-state index in [0.717, 1.165) is 11.8 Å². The van der Waals surface area contributed by atoms with E-state index in [1.165, 1.54) is 6.08 Å². The zero-order chi connectivity index (χ0) is 18.4.